The molecule has 0 radical (unpaired) electrons. The van der Waals surface area contributed by atoms with Gasteiger partial charge in [-0.15, -0.1) is 0 Å². The molecule has 10 nitrogen and oxygen atoms in total. The molecule has 3 aromatic heterocycles. The Bertz CT molecular complexity index is 1640. The smallest absolute Gasteiger partial charge is 0.416 e. The SMILES string of the molecule is CC(C)(C)OC(=O)N1CCO[C@@H](c2nn(-c3ccc(C(=O)Nc4cc(C(F)(F)F)ccn4)cc3)c3c(Cl)nccc23)C1. The maximum Gasteiger partial charge on any atom is 0.416 e. The van der Waals surface area contributed by atoms with Gasteiger partial charge in [0.1, 0.15) is 28.7 Å². The third-order valence-corrected chi connectivity index (χ3v) is 6.58. The molecular formula is C28H26ClF3N6O4. The van der Waals surface area contributed by atoms with Crippen molar-refractivity contribution in [2.24, 2.45) is 0 Å². The van der Waals surface area contributed by atoms with Crippen LogP contribution in [0.25, 0.3) is 16.6 Å². The number of hydrogen-bond donors (Lipinski definition) is 1. The monoisotopic (exact) mass is 602 g/mol. The number of rotatable bonds is 4. The van der Waals surface area contributed by atoms with Crippen molar-refractivity contribution in [1.29, 1.82) is 0 Å². The van der Waals surface area contributed by atoms with E-state index in [2.05, 4.69) is 15.3 Å². The molecule has 4 aromatic rings. The topological polar surface area (TPSA) is 111 Å². The Balaban J connectivity index is 1.40. The fourth-order valence-corrected chi connectivity index (χ4v) is 4.64. The van der Waals surface area contributed by atoms with E-state index in [9.17, 15) is 22.8 Å². The van der Waals surface area contributed by atoms with Crippen molar-refractivity contribution in [2.75, 3.05) is 25.0 Å². The maximum absolute atomic E-state index is 13.0. The number of pyridine rings is 2. The van der Waals surface area contributed by atoms with Crippen molar-refractivity contribution in [3.05, 3.63) is 76.8 Å². The van der Waals surface area contributed by atoms with E-state index in [1.807, 2.05) is 0 Å². The predicted molar refractivity (Wildman–Crippen MR) is 148 cm³/mol. The molecular weight excluding hydrogens is 577 g/mol. The molecule has 1 aromatic carbocycles. The lowest BCUT2D eigenvalue weighted by molar-refractivity contribution is -0.137. The maximum atomic E-state index is 13.0. The van der Waals surface area contributed by atoms with Gasteiger partial charge in [0.15, 0.2) is 5.15 Å². The van der Waals surface area contributed by atoms with Crippen LogP contribution in [-0.4, -0.2) is 61.9 Å². The second-order valence-electron chi connectivity index (χ2n) is 10.5. The first kappa shape index (κ1) is 29.3. The fourth-order valence-electron chi connectivity index (χ4n) is 4.40. The second-order valence-corrected chi connectivity index (χ2v) is 10.9. The number of halogens is 4. The molecule has 2 amide bonds. The Hall–Kier alpha value is -4.23. The van der Waals surface area contributed by atoms with Gasteiger partial charge >= 0.3 is 12.3 Å². The number of carbonyl (C=O) groups is 2. The number of amides is 2. The average Bonchev–Trinajstić information content (AvgIpc) is 3.33. The summed E-state index contributed by atoms with van der Waals surface area (Å²) in [5.41, 5.74) is 0.186. The summed E-state index contributed by atoms with van der Waals surface area (Å²) in [6.07, 6.45) is -3.07. The molecule has 1 aliphatic heterocycles. The Labute approximate surface area is 243 Å². The van der Waals surface area contributed by atoms with E-state index in [0.717, 1.165) is 18.3 Å². The van der Waals surface area contributed by atoms with Crippen molar-refractivity contribution in [3.63, 3.8) is 0 Å². The zero-order valence-corrected chi connectivity index (χ0v) is 23.5. The molecule has 0 bridgehead atoms. The van der Waals surface area contributed by atoms with Gasteiger partial charge in [-0.3, -0.25) is 4.79 Å². The lowest BCUT2D eigenvalue weighted by Gasteiger charge is -2.33. The molecule has 0 spiro atoms. The van der Waals surface area contributed by atoms with Crippen LogP contribution in [0.4, 0.5) is 23.8 Å². The van der Waals surface area contributed by atoms with E-state index in [4.69, 9.17) is 26.2 Å². The summed E-state index contributed by atoms with van der Waals surface area (Å²) in [6.45, 7) is 6.25. The van der Waals surface area contributed by atoms with Crippen LogP contribution in [-0.2, 0) is 15.7 Å². The summed E-state index contributed by atoms with van der Waals surface area (Å²) in [6, 6.07) is 9.55. The number of benzene rings is 1. The molecule has 0 saturated carbocycles. The number of morpholine rings is 1. The van der Waals surface area contributed by atoms with Crippen LogP contribution in [0.3, 0.4) is 0 Å². The zero-order chi connectivity index (χ0) is 30.2. The standard InChI is InChI=1S/C28H26ClF3N6O4/c1-27(2,3)42-26(40)37-12-13-41-20(15-37)22-19-9-11-34-24(29)23(19)38(36-22)18-6-4-16(5-7-18)25(39)35-21-14-17(8-10-33-21)28(30,31)32/h4-11,14,20H,12-13,15H2,1-3H3,(H,33,35,39)/t20-/m1/s1. The van der Waals surface area contributed by atoms with Crippen LogP contribution in [0, 0.1) is 0 Å². The lowest BCUT2D eigenvalue weighted by atomic mass is 10.1. The molecule has 0 unspecified atom stereocenters. The van der Waals surface area contributed by atoms with E-state index in [1.54, 1.807) is 54.7 Å². The van der Waals surface area contributed by atoms with Crippen molar-refractivity contribution in [2.45, 2.75) is 38.7 Å². The van der Waals surface area contributed by atoms with Crippen molar-refractivity contribution < 1.29 is 32.2 Å². The Morgan fingerprint density at radius 2 is 1.79 bits per heavy atom. The van der Waals surface area contributed by atoms with E-state index < -0.39 is 35.4 Å². The minimum Gasteiger partial charge on any atom is -0.444 e. The number of nitrogens with zero attached hydrogens (tertiary/aromatic N) is 5. The van der Waals surface area contributed by atoms with Gasteiger partial charge in [-0.25, -0.2) is 19.4 Å². The third kappa shape index (κ3) is 6.31. The normalized spacial score (nSPS) is 16.0. The highest BCUT2D eigenvalue weighted by molar-refractivity contribution is 6.34. The average molecular weight is 603 g/mol. The van der Waals surface area contributed by atoms with Crippen LogP contribution < -0.4 is 5.32 Å². The number of nitrogens with one attached hydrogen (secondary N) is 1. The molecule has 42 heavy (non-hydrogen) atoms. The van der Waals surface area contributed by atoms with Crippen LogP contribution in [0.1, 0.15) is 48.5 Å². The summed E-state index contributed by atoms with van der Waals surface area (Å²) < 4.78 is 52.1. The summed E-state index contributed by atoms with van der Waals surface area (Å²) in [5.74, 6) is -0.871. The highest BCUT2D eigenvalue weighted by Gasteiger charge is 2.33. The number of ether oxygens (including phenoxy) is 2. The van der Waals surface area contributed by atoms with E-state index in [-0.39, 0.29) is 29.7 Å². The first-order valence-electron chi connectivity index (χ1n) is 12.9. The van der Waals surface area contributed by atoms with Crippen LogP contribution in [0.2, 0.25) is 5.15 Å². The number of alkyl halides is 3. The third-order valence-electron chi connectivity index (χ3n) is 6.30. The zero-order valence-electron chi connectivity index (χ0n) is 22.8. The van der Waals surface area contributed by atoms with Gasteiger partial charge < -0.3 is 19.7 Å². The minimum atomic E-state index is -4.57. The van der Waals surface area contributed by atoms with Crippen LogP contribution >= 0.6 is 11.6 Å². The van der Waals surface area contributed by atoms with Gasteiger partial charge in [0.05, 0.1) is 24.4 Å². The molecule has 1 fully saturated rings. The molecule has 4 heterocycles. The molecule has 0 aliphatic carbocycles. The number of fused-ring (bicyclic) bond motifs is 1. The van der Waals surface area contributed by atoms with E-state index in [1.165, 1.54) is 12.1 Å². The summed E-state index contributed by atoms with van der Waals surface area (Å²) in [7, 11) is 0. The minimum absolute atomic E-state index is 0.183. The molecule has 14 heteroatoms. The Morgan fingerprint density at radius 3 is 2.48 bits per heavy atom. The predicted octanol–water partition coefficient (Wildman–Crippen LogP) is 6.05. The van der Waals surface area contributed by atoms with Crippen molar-refractivity contribution in [1.82, 2.24) is 24.6 Å². The van der Waals surface area contributed by atoms with Gasteiger partial charge in [0, 0.05) is 29.9 Å². The highest BCUT2D eigenvalue weighted by Crippen LogP contribution is 2.34. The molecule has 5 rings (SSSR count). The molecule has 1 aliphatic rings. The van der Waals surface area contributed by atoms with Gasteiger partial charge in [-0.05, 0) is 63.2 Å². The van der Waals surface area contributed by atoms with Gasteiger partial charge in [-0.1, -0.05) is 11.6 Å². The molecule has 1 saturated heterocycles. The molecule has 1 N–H and O–H groups in total. The van der Waals surface area contributed by atoms with Gasteiger partial charge in [0.2, 0.25) is 0 Å². The van der Waals surface area contributed by atoms with Crippen LogP contribution in [0.15, 0.2) is 54.9 Å². The largest absolute Gasteiger partial charge is 0.444 e. The number of anilines is 1. The molecule has 220 valence electrons. The Kier molecular flexibility index (Phi) is 7.82. The van der Waals surface area contributed by atoms with E-state index in [0.29, 0.717) is 28.8 Å². The van der Waals surface area contributed by atoms with Crippen molar-refractivity contribution >= 4 is 40.3 Å². The first-order valence-corrected chi connectivity index (χ1v) is 13.3. The van der Waals surface area contributed by atoms with Crippen molar-refractivity contribution in [3.8, 4) is 5.69 Å². The number of carbonyl (C=O) groups excluding carboxylic acids is 2. The lowest BCUT2D eigenvalue weighted by Crippen LogP contribution is -2.44. The fraction of sp³-hybridized carbons (Fsp3) is 0.321. The first-order chi connectivity index (χ1) is 19.8. The number of hydrogen-bond acceptors (Lipinski definition) is 7. The second kappa shape index (κ2) is 11.2. The quantitative estimate of drug-likeness (QED) is 0.283. The van der Waals surface area contributed by atoms with Gasteiger partial charge in [-0.2, -0.15) is 18.3 Å². The van der Waals surface area contributed by atoms with E-state index >= 15 is 0 Å². The highest BCUT2D eigenvalue weighted by atomic mass is 35.5. The summed E-state index contributed by atoms with van der Waals surface area (Å²) >= 11 is 6.48. The summed E-state index contributed by atoms with van der Waals surface area (Å²) in [5, 5.41) is 7.99. The summed E-state index contributed by atoms with van der Waals surface area (Å²) in [4.78, 5) is 35.0. The molecule has 1 atom stereocenters. The Morgan fingerprint density at radius 1 is 1.07 bits per heavy atom. The number of aromatic nitrogens is 4. The van der Waals surface area contributed by atoms with Gasteiger partial charge in [0.25, 0.3) is 5.91 Å². The van der Waals surface area contributed by atoms with Crippen LogP contribution in [0.5, 0.6) is 0 Å².